The number of ether oxygens (including phenoxy) is 2. The van der Waals surface area contributed by atoms with Gasteiger partial charge in [-0.2, -0.15) is 0 Å². The highest BCUT2D eigenvalue weighted by Gasteiger charge is 2.40. The SMILES string of the molecule is O=C(OCc1ccccc1)N1CC[C@H]2C[C@@H](CBr)O[C@H]2C1. The number of benzene rings is 1. The van der Waals surface area contributed by atoms with Crippen molar-refractivity contribution in [3.05, 3.63) is 35.9 Å². The van der Waals surface area contributed by atoms with Gasteiger partial charge in [0.15, 0.2) is 0 Å². The number of piperidine rings is 1. The zero-order valence-electron chi connectivity index (χ0n) is 11.9. The number of hydrogen-bond acceptors (Lipinski definition) is 3. The molecule has 21 heavy (non-hydrogen) atoms. The molecule has 0 spiro atoms. The van der Waals surface area contributed by atoms with E-state index in [2.05, 4.69) is 15.9 Å². The Hall–Kier alpha value is -1.07. The van der Waals surface area contributed by atoms with E-state index < -0.39 is 0 Å². The molecule has 2 saturated heterocycles. The van der Waals surface area contributed by atoms with Gasteiger partial charge >= 0.3 is 6.09 Å². The predicted molar refractivity (Wildman–Crippen MR) is 83.4 cm³/mol. The maximum Gasteiger partial charge on any atom is 0.410 e. The summed E-state index contributed by atoms with van der Waals surface area (Å²) in [5.74, 6) is 0.589. The minimum Gasteiger partial charge on any atom is -0.445 e. The molecule has 0 unspecified atom stereocenters. The molecular weight excluding hydrogens is 334 g/mol. The van der Waals surface area contributed by atoms with E-state index in [4.69, 9.17) is 9.47 Å². The molecule has 0 aliphatic carbocycles. The molecule has 4 nitrogen and oxygen atoms in total. The van der Waals surface area contributed by atoms with Gasteiger partial charge in [-0.15, -0.1) is 0 Å². The Bertz CT molecular complexity index is 482. The summed E-state index contributed by atoms with van der Waals surface area (Å²) in [6.45, 7) is 1.75. The Kier molecular flexibility index (Phi) is 4.80. The molecule has 1 aromatic carbocycles. The summed E-state index contributed by atoms with van der Waals surface area (Å²) in [7, 11) is 0. The fourth-order valence-electron chi connectivity index (χ4n) is 3.11. The number of halogens is 1. The second kappa shape index (κ2) is 6.79. The van der Waals surface area contributed by atoms with Crippen LogP contribution >= 0.6 is 15.9 Å². The first-order valence-electron chi connectivity index (χ1n) is 7.43. The lowest BCUT2D eigenvalue weighted by Crippen LogP contribution is -2.45. The number of nitrogens with zero attached hydrogens (tertiary/aromatic N) is 1. The third-order valence-corrected chi connectivity index (χ3v) is 4.99. The van der Waals surface area contributed by atoms with Crippen LogP contribution in [0.1, 0.15) is 18.4 Å². The van der Waals surface area contributed by atoms with E-state index in [9.17, 15) is 4.79 Å². The number of alkyl halides is 1. The minimum absolute atomic E-state index is 0.172. The lowest BCUT2D eigenvalue weighted by molar-refractivity contribution is -0.00194. The smallest absolute Gasteiger partial charge is 0.410 e. The molecule has 2 aliphatic rings. The number of amides is 1. The van der Waals surface area contributed by atoms with Gasteiger partial charge < -0.3 is 14.4 Å². The molecule has 2 aliphatic heterocycles. The van der Waals surface area contributed by atoms with Gasteiger partial charge in [-0.25, -0.2) is 4.79 Å². The third-order valence-electron chi connectivity index (χ3n) is 4.26. The number of rotatable bonds is 3. The van der Waals surface area contributed by atoms with Gasteiger partial charge in [-0.1, -0.05) is 46.3 Å². The Morgan fingerprint density at radius 1 is 1.38 bits per heavy atom. The Labute approximate surface area is 133 Å². The van der Waals surface area contributed by atoms with Crippen LogP contribution in [-0.2, 0) is 16.1 Å². The van der Waals surface area contributed by atoms with Crippen LogP contribution in [0.15, 0.2) is 30.3 Å². The van der Waals surface area contributed by atoms with E-state index in [1.807, 2.05) is 30.3 Å². The normalized spacial score (nSPS) is 28.2. The standard InChI is InChI=1S/C16H20BrNO3/c17-9-14-8-13-6-7-18(10-15(13)21-14)16(19)20-11-12-4-2-1-3-5-12/h1-5,13-15H,6-11H2/t13-,14-,15-/m0/s1. The highest BCUT2D eigenvalue weighted by atomic mass is 79.9. The van der Waals surface area contributed by atoms with E-state index in [0.717, 1.165) is 30.3 Å². The summed E-state index contributed by atoms with van der Waals surface area (Å²) in [6.07, 6.45) is 2.34. The molecule has 2 heterocycles. The van der Waals surface area contributed by atoms with E-state index in [0.29, 0.717) is 25.2 Å². The van der Waals surface area contributed by atoms with Crippen LogP contribution in [-0.4, -0.2) is 41.6 Å². The average molecular weight is 354 g/mol. The summed E-state index contributed by atoms with van der Waals surface area (Å²) in [5.41, 5.74) is 1.01. The molecule has 114 valence electrons. The topological polar surface area (TPSA) is 38.8 Å². The molecule has 0 aromatic heterocycles. The average Bonchev–Trinajstić information content (AvgIpc) is 2.95. The van der Waals surface area contributed by atoms with Gasteiger partial charge in [0.25, 0.3) is 0 Å². The Morgan fingerprint density at radius 2 is 2.19 bits per heavy atom. The van der Waals surface area contributed by atoms with Crippen molar-refractivity contribution >= 4 is 22.0 Å². The van der Waals surface area contributed by atoms with Crippen molar-refractivity contribution in [2.45, 2.75) is 31.7 Å². The van der Waals surface area contributed by atoms with Gasteiger partial charge in [0.2, 0.25) is 0 Å². The molecule has 0 radical (unpaired) electrons. The number of hydrogen-bond donors (Lipinski definition) is 0. The first-order valence-corrected chi connectivity index (χ1v) is 8.55. The van der Waals surface area contributed by atoms with Crippen LogP contribution in [0.2, 0.25) is 0 Å². The molecule has 2 fully saturated rings. The highest BCUT2D eigenvalue weighted by Crippen LogP contribution is 2.34. The maximum absolute atomic E-state index is 12.1. The number of carbonyl (C=O) groups is 1. The van der Waals surface area contributed by atoms with Crippen LogP contribution in [0.25, 0.3) is 0 Å². The summed E-state index contributed by atoms with van der Waals surface area (Å²) >= 11 is 3.47. The van der Waals surface area contributed by atoms with Crippen LogP contribution in [0.3, 0.4) is 0 Å². The largest absolute Gasteiger partial charge is 0.445 e. The Balaban J connectivity index is 1.50. The second-order valence-corrected chi connectivity index (χ2v) is 6.37. The van der Waals surface area contributed by atoms with Crippen molar-refractivity contribution in [3.63, 3.8) is 0 Å². The van der Waals surface area contributed by atoms with Crippen LogP contribution in [0.4, 0.5) is 4.79 Å². The number of likely N-dealkylation sites (tertiary alicyclic amines) is 1. The van der Waals surface area contributed by atoms with Crippen molar-refractivity contribution < 1.29 is 14.3 Å². The quantitative estimate of drug-likeness (QED) is 0.783. The van der Waals surface area contributed by atoms with Gasteiger partial charge in [-0.3, -0.25) is 0 Å². The lowest BCUT2D eigenvalue weighted by atomic mass is 9.92. The fourth-order valence-corrected chi connectivity index (χ4v) is 3.52. The summed E-state index contributed by atoms with van der Waals surface area (Å²) in [5, 5.41) is 0.873. The van der Waals surface area contributed by atoms with Crippen molar-refractivity contribution in [2.75, 3.05) is 18.4 Å². The van der Waals surface area contributed by atoms with Crippen molar-refractivity contribution in [1.82, 2.24) is 4.90 Å². The molecular formula is C16H20BrNO3. The van der Waals surface area contributed by atoms with Gasteiger partial charge in [0.1, 0.15) is 6.61 Å². The Morgan fingerprint density at radius 3 is 2.95 bits per heavy atom. The van der Waals surface area contributed by atoms with Crippen molar-refractivity contribution in [2.24, 2.45) is 5.92 Å². The first-order chi connectivity index (χ1) is 10.3. The minimum atomic E-state index is -0.233. The van der Waals surface area contributed by atoms with Gasteiger partial charge in [0, 0.05) is 11.9 Å². The molecule has 0 bridgehead atoms. The molecule has 1 aromatic rings. The fraction of sp³-hybridized carbons (Fsp3) is 0.562. The van der Waals surface area contributed by atoms with Gasteiger partial charge in [0.05, 0.1) is 18.8 Å². The molecule has 3 atom stereocenters. The van der Waals surface area contributed by atoms with E-state index >= 15 is 0 Å². The number of fused-ring (bicyclic) bond motifs is 1. The monoisotopic (exact) mass is 353 g/mol. The molecule has 5 heteroatoms. The van der Waals surface area contributed by atoms with Crippen molar-refractivity contribution in [3.8, 4) is 0 Å². The van der Waals surface area contributed by atoms with Crippen LogP contribution in [0.5, 0.6) is 0 Å². The van der Waals surface area contributed by atoms with E-state index in [-0.39, 0.29) is 12.2 Å². The second-order valence-electron chi connectivity index (χ2n) is 5.72. The molecule has 0 saturated carbocycles. The van der Waals surface area contributed by atoms with Crippen LogP contribution in [0, 0.1) is 5.92 Å². The summed E-state index contributed by atoms with van der Waals surface area (Å²) in [4.78, 5) is 13.9. The third kappa shape index (κ3) is 3.58. The first kappa shape index (κ1) is 14.9. The predicted octanol–water partition coefficient (Wildman–Crippen LogP) is 3.20. The zero-order valence-corrected chi connectivity index (χ0v) is 13.5. The van der Waals surface area contributed by atoms with Crippen molar-refractivity contribution in [1.29, 1.82) is 0 Å². The molecule has 0 N–H and O–H groups in total. The van der Waals surface area contributed by atoms with Crippen LogP contribution < -0.4 is 0 Å². The summed E-state index contributed by atoms with van der Waals surface area (Å²) in [6, 6.07) is 9.76. The zero-order chi connectivity index (χ0) is 14.7. The van der Waals surface area contributed by atoms with Gasteiger partial charge in [-0.05, 0) is 24.3 Å². The van der Waals surface area contributed by atoms with E-state index in [1.165, 1.54) is 0 Å². The number of carbonyl (C=O) groups excluding carboxylic acids is 1. The molecule has 3 rings (SSSR count). The maximum atomic E-state index is 12.1. The lowest BCUT2D eigenvalue weighted by Gasteiger charge is -2.33. The van der Waals surface area contributed by atoms with E-state index in [1.54, 1.807) is 4.90 Å². The molecule has 1 amide bonds. The highest BCUT2D eigenvalue weighted by molar-refractivity contribution is 9.09. The summed E-state index contributed by atoms with van der Waals surface area (Å²) < 4.78 is 11.4.